The molecule has 0 aromatic heterocycles. The highest BCUT2D eigenvalue weighted by Gasteiger charge is 2.22. The van der Waals surface area contributed by atoms with E-state index in [4.69, 9.17) is 10.2 Å². The Bertz CT molecular complexity index is 377. The van der Waals surface area contributed by atoms with Gasteiger partial charge in [-0.1, -0.05) is 25.8 Å². The number of hydrogen-bond acceptors (Lipinski definition) is 2. The number of phenols is 1. The minimum atomic E-state index is -1.03. The highest BCUT2D eigenvalue weighted by atomic mass is 19.1. The molecule has 0 amide bonds. The zero-order valence-electron chi connectivity index (χ0n) is 9.11. The van der Waals surface area contributed by atoms with Crippen molar-refractivity contribution >= 4 is 5.97 Å². The molecule has 0 saturated carbocycles. The van der Waals surface area contributed by atoms with Gasteiger partial charge >= 0.3 is 5.97 Å². The van der Waals surface area contributed by atoms with Crippen LogP contribution in [0.5, 0.6) is 5.75 Å². The monoisotopic (exact) mass is 226 g/mol. The second-order valence-corrected chi connectivity index (χ2v) is 3.74. The molecule has 1 rings (SSSR count). The zero-order chi connectivity index (χ0) is 12.1. The number of halogens is 1. The zero-order valence-corrected chi connectivity index (χ0v) is 9.11. The van der Waals surface area contributed by atoms with E-state index in [1.54, 1.807) is 0 Å². The molecule has 0 aliphatic carbocycles. The van der Waals surface area contributed by atoms with Crippen molar-refractivity contribution in [3.05, 3.63) is 29.6 Å². The molecule has 0 fully saturated rings. The van der Waals surface area contributed by atoms with Crippen LogP contribution in [0.2, 0.25) is 0 Å². The Morgan fingerprint density at radius 1 is 1.50 bits per heavy atom. The third-order valence-electron chi connectivity index (χ3n) is 2.50. The quantitative estimate of drug-likeness (QED) is 0.811. The predicted molar refractivity (Wildman–Crippen MR) is 58.0 cm³/mol. The number of unbranched alkanes of at least 4 members (excludes halogenated alkanes) is 1. The first-order valence-electron chi connectivity index (χ1n) is 5.27. The van der Waals surface area contributed by atoms with E-state index in [2.05, 4.69) is 0 Å². The summed E-state index contributed by atoms with van der Waals surface area (Å²) >= 11 is 0. The lowest BCUT2D eigenvalue weighted by molar-refractivity contribution is -0.139. The fraction of sp³-hybridized carbons (Fsp3) is 0.417. The first-order valence-corrected chi connectivity index (χ1v) is 5.27. The fourth-order valence-electron chi connectivity index (χ4n) is 1.62. The van der Waals surface area contributed by atoms with Crippen LogP contribution in [0.25, 0.3) is 0 Å². The molecule has 16 heavy (non-hydrogen) atoms. The number of aromatic hydroxyl groups is 1. The summed E-state index contributed by atoms with van der Waals surface area (Å²) < 4.78 is 13.5. The van der Waals surface area contributed by atoms with E-state index >= 15 is 0 Å². The maximum absolute atomic E-state index is 13.5. The minimum absolute atomic E-state index is 0.138. The molecular weight excluding hydrogens is 211 g/mol. The van der Waals surface area contributed by atoms with Gasteiger partial charge in [0, 0.05) is 11.6 Å². The maximum atomic E-state index is 13.5. The Morgan fingerprint density at radius 2 is 2.19 bits per heavy atom. The van der Waals surface area contributed by atoms with E-state index in [0.717, 1.165) is 18.9 Å². The van der Waals surface area contributed by atoms with Crippen LogP contribution >= 0.6 is 0 Å². The summed E-state index contributed by atoms with van der Waals surface area (Å²) in [7, 11) is 0. The van der Waals surface area contributed by atoms with E-state index in [9.17, 15) is 9.18 Å². The van der Waals surface area contributed by atoms with Crippen LogP contribution < -0.4 is 0 Å². The van der Waals surface area contributed by atoms with E-state index < -0.39 is 17.7 Å². The number of aliphatic carboxylic acids is 1. The summed E-state index contributed by atoms with van der Waals surface area (Å²) in [6.07, 6.45) is 2.01. The van der Waals surface area contributed by atoms with Crippen LogP contribution in [-0.2, 0) is 4.79 Å². The number of carboxylic acids is 1. The molecule has 0 aliphatic heterocycles. The van der Waals surface area contributed by atoms with Gasteiger partial charge in [-0.05, 0) is 12.5 Å². The molecule has 88 valence electrons. The molecule has 1 aromatic carbocycles. The molecule has 0 spiro atoms. The van der Waals surface area contributed by atoms with Crippen molar-refractivity contribution < 1.29 is 19.4 Å². The summed E-state index contributed by atoms with van der Waals surface area (Å²) in [5.41, 5.74) is 0.138. The normalized spacial score (nSPS) is 12.4. The lowest BCUT2D eigenvalue weighted by Gasteiger charge is -2.13. The molecule has 2 N–H and O–H groups in total. The molecule has 0 aliphatic rings. The van der Waals surface area contributed by atoms with Gasteiger partial charge in [-0.15, -0.1) is 0 Å². The Kier molecular flexibility index (Phi) is 4.28. The fourth-order valence-corrected chi connectivity index (χ4v) is 1.62. The minimum Gasteiger partial charge on any atom is -0.508 e. The van der Waals surface area contributed by atoms with Crippen LogP contribution in [0.3, 0.4) is 0 Å². The second kappa shape index (κ2) is 5.49. The first kappa shape index (κ1) is 12.5. The summed E-state index contributed by atoms with van der Waals surface area (Å²) in [5.74, 6) is -2.72. The largest absolute Gasteiger partial charge is 0.508 e. The number of phenolic OH excluding ortho intramolecular Hbond substituents is 1. The lowest BCUT2D eigenvalue weighted by atomic mass is 9.93. The highest BCUT2D eigenvalue weighted by Crippen LogP contribution is 2.27. The van der Waals surface area contributed by atoms with E-state index in [1.807, 2.05) is 6.92 Å². The first-order chi connectivity index (χ1) is 7.56. The highest BCUT2D eigenvalue weighted by molar-refractivity contribution is 5.76. The number of carboxylic acid groups (broad SMARTS) is 1. The van der Waals surface area contributed by atoms with Crippen LogP contribution in [0, 0.1) is 5.82 Å². The van der Waals surface area contributed by atoms with Gasteiger partial charge in [0.05, 0.1) is 5.92 Å². The van der Waals surface area contributed by atoms with Crippen molar-refractivity contribution in [2.24, 2.45) is 0 Å². The topological polar surface area (TPSA) is 57.5 Å². The van der Waals surface area contributed by atoms with Gasteiger partial charge in [0.15, 0.2) is 0 Å². The van der Waals surface area contributed by atoms with Gasteiger partial charge in [-0.3, -0.25) is 4.79 Å². The molecule has 0 heterocycles. The smallest absolute Gasteiger partial charge is 0.311 e. The number of hydrogen-bond donors (Lipinski definition) is 2. The summed E-state index contributed by atoms with van der Waals surface area (Å²) in [5, 5.41) is 18.1. The number of rotatable bonds is 5. The van der Waals surface area contributed by atoms with Crippen molar-refractivity contribution in [2.45, 2.75) is 32.1 Å². The van der Waals surface area contributed by atoms with Gasteiger partial charge in [0.25, 0.3) is 0 Å². The predicted octanol–water partition coefficient (Wildman–Crippen LogP) is 2.89. The Morgan fingerprint density at radius 3 is 2.69 bits per heavy atom. The van der Waals surface area contributed by atoms with Crippen LogP contribution in [0.15, 0.2) is 18.2 Å². The average Bonchev–Trinajstić information content (AvgIpc) is 2.20. The summed E-state index contributed by atoms with van der Waals surface area (Å²) in [6.45, 7) is 1.95. The van der Waals surface area contributed by atoms with Crippen molar-refractivity contribution in [2.75, 3.05) is 0 Å². The SMILES string of the molecule is CCCCC(C(=O)O)c1ccc(O)cc1F. The van der Waals surface area contributed by atoms with Crippen molar-refractivity contribution in [1.82, 2.24) is 0 Å². The molecular formula is C12H15FO3. The molecule has 0 bridgehead atoms. The van der Waals surface area contributed by atoms with Gasteiger partial charge in [0.2, 0.25) is 0 Å². The van der Waals surface area contributed by atoms with E-state index in [-0.39, 0.29) is 11.3 Å². The molecule has 4 heteroatoms. The van der Waals surface area contributed by atoms with Crippen LogP contribution in [-0.4, -0.2) is 16.2 Å². The van der Waals surface area contributed by atoms with Gasteiger partial charge < -0.3 is 10.2 Å². The Hall–Kier alpha value is -1.58. The second-order valence-electron chi connectivity index (χ2n) is 3.74. The summed E-state index contributed by atoms with van der Waals surface area (Å²) in [6, 6.07) is 3.58. The van der Waals surface area contributed by atoms with E-state index in [0.29, 0.717) is 6.42 Å². The van der Waals surface area contributed by atoms with Gasteiger partial charge in [-0.2, -0.15) is 0 Å². The van der Waals surface area contributed by atoms with Crippen molar-refractivity contribution in [3.8, 4) is 5.75 Å². The van der Waals surface area contributed by atoms with Crippen LogP contribution in [0.1, 0.15) is 37.7 Å². The molecule has 1 unspecified atom stereocenters. The van der Waals surface area contributed by atoms with Crippen molar-refractivity contribution in [1.29, 1.82) is 0 Å². The Balaban J connectivity index is 2.96. The number of carbonyl (C=O) groups is 1. The van der Waals surface area contributed by atoms with Crippen molar-refractivity contribution in [3.63, 3.8) is 0 Å². The molecule has 1 aromatic rings. The lowest BCUT2D eigenvalue weighted by Crippen LogP contribution is -2.13. The maximum Gasteiger partial charge on any atom is 0.311 e. The molecule has 0 radical (unpaired) electrons. The van der Waals surface area contributed by atoms with Crippen LogP contribution in [0.4, 0.5) is 4.39 Å². The number of benzene rings is 1. The molecule has 0 saturated heterocycles. The van der Waals surface area contributed by atoms with E-state index in [1.165, 1.54) is 12.1 Å². The van der Waals surface area contributed by atoms with Gasteiger partial charge in [0.1, 0.15) is 11.6 Å². The molecule has 3 nitrogen and oxygen atoms in total. The standard InChI is InChI=1S/C12H15FO3/c1-2-3-4-10(12(15)16)9-6-5-8(14)7-11(9)13/h5-7,10,14H,2-4H2,1H3,(H,15,16). The summed E-state index contributed by atoms with van der Waals surface area (Å²) in [4.78, 5) is 11.0. The van der Waals surface area contributed by atoms with Gasteiger partial charge in [-0.25, -0.2) is 4.39 Å². The molecule has 1 atom stereocenters. The average molecular weight is 226 g/mol. The third-order valence-corrected chi connectivity index (χ3v) is 2.50. The Labute approximate surface area is 93.5 Å². The third kappa shape index (κ3) is 2.95.